The monoisotopic (exact) mass is 514 g/mol. The molecular weight excluding hydrogens is 488 g/mol. The highest BCUT2D eigenvalue weighted by Gasteiger charge is 2.30. The number of likely N-dealkylation sites (tertiary alicyclic amines) is 1. The zero-order chi connectivity index (χ0) is 19.9. The topological polar surface area (TPSA) is 66.0 Å². The van der Waals surface area contributed by atoms with Crippen LogP contribution in [0.2, 0.25) is 0 Å². The van der Waals surface area contributed by atoms with Gasteiger partial charge in [0.25, 0.3) is 0 Å². The molecule has 1 aliphatic heterocycles. The molecular formula is C18H26F3IN4O2. The van der Waals surface area contributed by atoms with Gasteiger partial charge < -0.3 is 20.3 Å². The zero-order valence-electron chi connectivity index (χ0n) is 15.9. The minimum atomic E-state index is -4.35. The van der Waals surface area contributed by atoms with Crippen molar-refractivity contribution in [1.82, 2.24) is 15.5 Å². The summed E-state index contributed by atoms with van der Waals surface area (Å²) in [5, 5.41) is 6.35. The van der Waals surface area contributed by atoms with E-state index in [9.17, 15) is 18.0 Å². The zero-order valence-corrected chi connectivity index (χ0v) is 18.2. The van der Waals surface area contributed by atoms with Crippen molar-refractivity contribution >= 4 is 35.8 Å². The summed E-state index contributed by atoms with van der Waals surface area (Å²) < 4.78 is 43.0. The van der Waals surface area contributed by atoms with Crippen LogP contribution in [0.1, 0.15) is 25.3 Å². The molecule has 1 fully saturated rings. The highest BCUT2D eigenvalue weighted by Crippen LogP contribution is 2.30. The molecule has 1 aromatic rings. The van der Waals surface area contributed by atoms with Crippen LogP contribution >= 0.6 is 24.0 Å². The molecule has 0 aromatic heterocycles. The molecule has 1 amide bonds. The highest BCUT2D eigenvalue weighted by molar-refractivity contribution is 14.0. The van der Waals surface area contributed by atoms with Crippen LogP contribution in [0.5, 0.6) is 5.75 Å². The summed E-state index contributed by atoms with van der Waals surface area (Å²) >= 11 is 0. The third-order valence-electron chi connectivity index (χ3n) is 4.25. The molecule has 1 unspecified atom stereocenters. The van der Waals surface area contributed by atoms with Gasteiger partial charge in [-0.2, -0.15) is 13.2 Å². The molecule has 1 aromatic carbocycles. The van der Waals surface area contributed by atoms with Gasteiger partial charge >= 0.3 is 6.18 Å². The van der Waals surface area contributed by atoms with Crippen LogP contribution in [0.15, 0.2) is 29.3 Å². The van der Waals surface area contributed by atoms with Gasteiger partial charge in [0.1, 0.15) is 12.4 Å². The van der Waals surface area contributed by atoms with Crippen molar-refractivity contribution < 1.29 is 22.7 Å². The largest absolute Gasteiger partial charge is 0.492 e. The Morgan fingerprint density at radius 1 is 1.32 bits per heavy atom. The number of alkyl halides is 3. The van der Waals surface area contributed by atoms with Crippen LogP contribution in [-0.4, -0.2) is 56.1 Å². The molecule has 1 heterocycles. The molecule has 1 atom stereocenters. The maximum atomic E-state index is 12.5. The first-order valence-corrected chi connectivity index (χ1v) is 8.88. The number of aliphatic imine (C=N–C) groups is 1. The predicted molar refractivity (Wildman–Crippen MR) is 112 cm³/mol. The Balaban J connectivity index is 0.00000392. The Hall–Kier alpha value is -1.72. The molecule has 0 spiro atoms. The number of rotatable bonds is 6. The average molecular weight is 514 g/mol. The fraction of sp³-hybridized carbons (Fsp3) is 0.556. The van der Waals surface area contributed by atoms with E-state index >= 15 is 0 Å². The fourth-order valence-corrected chi connectivity index (χ4v) is 2.79. The van der Waals surface area contributed by atoms with Crippen molar-refractivity contribution in [3.05, 3.63) is 29.8 Å². The minimum absolute atomic E-state index is 0. The normalized spacial score (nSPS) is 17.1. The summed E-state index contributed by atoms with van der Waals surface area (Å²) in [6.45, 7) is 3.94. The standard InChI is InChI=1S/C18H25F3N4O2.HI/c1-3-16(26)25-10-8-14(12-25)24-17(22-2)23-9-11-27-15-6-4-13(5-7-15)18(19,20)21;/h4-7,14H,3,8-12H2,1-2H3,(H2,22,23,24);1H. The molecule has 2 rings (SSSR count). The number of hydrogen-bond acceptors (Lipinski definition) is 3. The maximum absolute atomic E-state index is 12.5. The molecule has 10 heteroatoms. The van der Waals surface area contributed by atoms with Gasteiger partial charge in [-0.3, -0.25) is 9.79 Å². The van der Waals surface area contributed by atoms with Gasteiger partial charge in [-0.15, -0.1) is 24.0 Å². The van der Waals surface area contributed by atoms with Crippen molar-refractivity contribution in [3.63, 3.8) is 0 Å². The van der Waals surface area contributed by atoms with Gasteiger partial charge in [0.15, 0.2) is 5.96 Å². The summed E-state index contributed by atoms with van der Waals surface area (Å²) in [4.78, 5) is 17.7. The number of amides is 1. The average Bonchev–Trinajstić information content (AvgIpc) is 3.11. The third kappa shape index (κ3) is 7.36. The second-order valence-corrected chi connectivity index (χ2v) is 6.19. The number of nitrogens with one attached hydrogen (secondary N) is 2. The Morgan fingerprint density at radius 3 is 2.57 bits per heavy atom. The van der Waals surface area contributed by atoms with Crippen LogP contribution in [-0.2, 0) is 11.0 Å². The van der Waals surface area contributed by atoms with Crippen molar-refractivity contribution in [2.75, 3.05) is 33.3 Å². The Labute approximate surface area is 179 Å². The molecule has 2 N–H and O–H groups in total. The van der Waals surface area contributed by atoms with E-state index in [-0.39, 0.29) is 42.5 Å². The smallest absolute Gasteiger partial charge is 0.416 e. The number of halogens is 4. The Kier molecular flexibility index (Phi) is 9.83. The predicted octanol–water partition coefficient (Wildman–Crippen LogP) is 2.88. The first-order valence-electron chi connectivity index (χ1n) is 8.88. The quantitative estimate of drug-likeness (QED) is 0.265. The number of ether oxygens (including phenoxy) is 1. The lowest BCUT2D eigenvalue weighted by molar-refractivity contribution is -0.137. The van der Waals surface area contributed by atoms with Gasteiger partial charge in [-0.1, -0.05) is 6.92 Å². The van der Waals surface area contributed by atoms with E-state index in [4.69, 9.17) is 4.74 Å². The van der Waals surface area contributed by atoms with Gasteiger partial charge in [-0.05, 0) is 30.7 Å². The van der Waals surface area contributed by atoms with Gasteiger partial charge in [-0.25, -0.2) is 0 Å². The SMILES string of the molecule is CCC(=O)N1CCC(NC(=NC)NCCOc2ccc(C(F)(F)F)cc2)C1.I. The second-order valence-electron chi connectivity index (χ2n) is 6.19. The molecule has 158 valence electrons. The molecule has 0 bridgehead atoms. The molecule has 28 heavy (non-hydrogen) atoms. The lowest BCUT2D eigenvalue weighted by Crippen LogP contribution is -2.46. The fourth-order valence-electron chi connectivity index (χ4n) is 2.79. The summed E-state index contributed by atoms with van der Waals surface area (Å²) in [7, 11) is 1.65. The molecule has 1 aliphatic rings. The molecule has 0 aliphatic carbocycles. The molecule has 1 saturated heterocycles. The maximum Gasteiger partial charge on any atom is 0.416 e. The summed E-state index contributed by atoms with van der Waals surface area (Å²) in [6, 6.07) is 4.73. The van der Waals surface area contributed by atoms with Crippen LogP contribution in [0.4, 0.5) is 13.2 Å². The van der Waals surface area contributed by atoms with E-state index in [2.05, 4.69) is 15.6 Å². The van der Waals surface area contributed by atoms with Crippen LogP contribution in [0.25, 0.3) is 0 Å². The highest BCUT2D eigenvalue weighted by atomic mass is 127. The first kappa shape index (κ1) is 24.3. The number of carbonyl (C=O) groups is 1. The lowest BCUT2D eigenvalue weighted by Gasteiger charge is -2.18. The van der Waals surface area contributed by atoms with Crippen LogP contribution in [0.3, 0.4) is 0 Å². The third-order valence-corrected chi connectivity index (χ3v) is 4.25. The minimum Gasteiger partial charge on any atom is -0.492 e. The van der Waals surface area contributed by atoms with Gasteiger partial charge in [0.05, 0.1) is 12.1 Å². The van der Waals surface area contributed by atoms with E-state index in [0.29, 0.717) is 31.2 Å². The number of nitrogens with zero attached hydrogens (tertiary/aromatic N) is 2. The number of benzene rings is 1. The van der Waals surface area contributed by atoms with E-state index in [1.807, 2.05) is 11.8 Å². The van der Waals surface area contributed by atoms with E-state index in [1.165, 1.54) is 12.1 Å². The first-order chi connectivity index (χ1) is 12.8. The number of carbonyl (C=O) groups excluding carboxylic acids is 1. The lowest BCUT2D eigenvalue weighted by atomic mass is 10.2. The molecule has 6 nitrogen and oxygen atoms in total. The Bertz CT molecular complexity index is 653. The Morgan fingerprint density at radius 2 is 2.00 bits per heavy atom. The van der Waals surface area contributed by atoms with E-state index in [0.717, 1.165) is 25.1 Å². The summed E-state index contributed by atoms with van der Waals surface area (Å²) in [6.07, 6.45) is -2.99. The number of guanidine groups is 1. The summed E-state index contributed by atoms with van der Waals surface area (Å²) in [5.41, 5.74) is -0.704. The van der Waals surface area contributed by atoms with Gasteiger partial charge in [0, 0.05) is 32.6 Å². The van der Waals surface area contributed by atoms with Crippen LogP contribution in [0, 0.1) is 0 Å². The van der Waals surface area contributed by atoms with Gasteiger partial charge in [0.2, 0.25) is 5.91 Å². The number of hydrogen-bond donors (Lipinski definition) is 2. The van der Waals surface area contributed by atoms with Crippen LogP contribution < -0.4 is 15.4 Å². The van der Waals surface area contributed by atoms with E-state index in [1.54, 1.807) is 7.05 Å². The second kappa shape index (κ2) is 11.3. The van der Waals surface area contributed by atoms with Crippen molar-refractivity contribution in [2.24, 2.45) is 4.99 Å². The molecule has 0 saturated carbocycles. The summed E-state index contributed by atoms with van der Waals surface area (Å²) in [5.74, 6) is 1.12. The van der Waals surface area contributed by atoms with Crippen molar-refractivity contribution in [2.45, 2.75) is 32.0 Å². The van der Waals surface area contributed by atoms with Crippen molar-refractivity contribution in [1.29, 1.82) is 0 Å². The van der Waals surface area contributed by atoms with Crippen molar-refractivity contribution in [3.8, 4) is 5.75 Å². The molecule has 0 radical (unpaired) electrons. The van der Waals surface area contributed by atoms with E-state index < -0.39 is 11.7 Å².